The fourth-order valence-corrected chi connectivity index (χ4v) is 3.95. The second-order valence-electron chi connectivity index (χ2n) is 7.07. The molecule has 1 saturated heterocycles. The predicted molar refractivity (Wildman–Crippen MR) is 115 cm³/mol. The van der Waals surface area contributed by atoms with Crippen molar-refractivity contribution in [2.45, 2.75) is 25.4 Å². The molecule has 0 unspecified atom stereocenters. The van der Waals surface area contributed by atoms with E-state index in [1.165, 1.54) is 0 Å². The van der Waals surface area contributed by atoms with Gasteiger partial charge in [0, 0.05) is 29.6 Å². The third-order valence-corrected chi connectivity index (χ3v) is 5.85. The van der Waals surface area contributed by atoms with Gasteiger partial charge < -0.3 is 25.5 Å². The maximum absolute atomic E-state index is 12.9. The number of aromatic hydroxyl groups is 1. The van der Waals surface area contributed by atoms with E-state index in [-0.39, 0.29) is 35.4 Å². The maximum atomic E-state index is 12.9. The van der Waals surface area contributed by atoms with E-state index in [2.05, 4.69) is 36.9 Å². The summed E-state index contributed by atoms with van der Waals surface area (Å²) in [7, 11) is 0. The standard InChI is InChI=1S/C21H20BrN5O3/c22-17-15-9-14(10-23)30-19(15)18(27-20(17)26-13-5-7-24-8-6-13)21(29)25-11-12-3-1-2-4-16(12)28/h1-4,9,13,24,28H,5-8,11H2,(H,25,29)(H,26,27). The number of hydrogen-bond acceptors (Lipinski definition) is 7. The molecule has 0 bridgehead atoms. The van der Waals surface area contributed by atoms with Gasteiger partial charge in [-0.3, -0.25) is 4.79 Å². The van der Waals surface area contributed by atoms with Crippen LogP contribution in [0.1, 0.15) is 34.7 Å². The minimum absolute atomic E-state index is 0.0848. The molecule has 0 saturated carbocycles. The Bertz CT molecular complexity index is 1130. The van der Waals surface area contributed by atoms with Crippen molar-refractivity contribution < 1.29 is 14.3 Å². The Hall–Kier alpha value is -3.09. The Morgan fingerprint density at radius 2 is 2.13 bits per heavy atom. The number of carbonyl (C=O) groups excluding carboxylic acids is 1. The Labute approximate surface area is 181 Å². The zero-order valence-corrected chi connectivity index (χ0v) is 17.6. The first-order chi connectivity index (χ1) is 14.6. The number of rotatable bonds is 5. The highest BCUT2D eigenvalue weighted by molar-refractivity contribution is 9.10. The number of aromatic nitrogens is 1. The number of para-hydroxylation sites is 1. The minimum atomic E-state index is -0.456. The molecule has 154 valence electrons. The second-order valence-corrected chi connectivity index (χ2v) is 7.86. The average Bonchev–Trinajstić information content (AvgIpc) is 3.20. The van der Waals surface area contributed by atoms with Gasteiger partial charge in [-0.25, -0.2) is 4.98 Å². The summed E-state index contributed by atoms with van der Waals surface area (Å²) in [5.74, 6) is 0.279. The molecule has 1 amide bonds. The monoisotopic (exact) mass is 469 g/mol. The Kier molecular flexibility index (Phi) is 5.88. The lowest BCUT2D eigenvalue weighted by Gasteiger charge is -2.25. The normalized spacial score (nSPS) is 14.4. The number of fused-ring (bicyclic) bond motifs is 1. The molecule has 30 heavy (non-hydrogen) atoms. The van der Waals surface area contributed by atoms with Crippen molar-refractivity contribution in [3.8, 4) is 11.8 Å². The highest BCUT2D eigenvalue weighted by Crippen LogP contribution is 2.35. The smallest absolute Gasteiger partial charge is 0.274 e. The van der Waals surface area contributed by atoms with Crippen molar-refractivity contribution in [1.29, 1.82) is 5.26 Å². The van der Waals surface area contributed by atoms with Gasteiger partial charge in [0.05, 0.1) is 4.47 Å². The lowest BCUT2D eigenvalue weighted by atomic mass is 10.1. The number of furan rings is 1. The van der Waals surface area contributed by atoms with E-state index in [4.69, 9.17) is 4.42 Å². The molecule has 3 heterocycles. The van der Waals surface area contributed by atoms with E-state index in [0.717, 1.165) is 25.9 Å². The van der Waals surface area contributed by atoms with Gasteiger partial charge in [-0.1, -0.05) is 18.2 Å². The van der Waals surface area contributed by atoms with Crippen LogP contribution in [-0.2, 0) is 6.54 Å². The Morgan fingerprint density at radius 1 is 1.37 bits per heavy atom. The van der Waals surface area contributed by atoms with Gasteiger partial charge in [0.15, 0.2) is 11.3 Å². The van der Waals surface area contributed by atoms with E-state index in [9.17, 15) is 15.2 Å². The van der Waals surface area contributed by atoms with Crippen molar-refractivity contribution in [2.75, 3.05) is 18.4 Å². The zero-order valence-electron chi connectivity index (χ0n) is 16.0. The molecule has 1 fully saturated rings. The molecular formula is C21H20BrN5O3. The van der Waals surface area contributed by atoms with Crippen molar-refractivity contribution in [1.82, 2.24) is 15.6 Å². The number of amides is 1. The number of hydrogen-bond donors (Lipinski definition) is 4. The molecule has 1 aliphatic heterocycles. The summed E-state index contributed by atoms with van der Waals surface area (Å²) in [6.45, 7) is 1.96. The predicted octanol–water partition coefficient (Wildman–Crippen LogP) is 3.26. The summed E-state index contributed by atoms with van der Waals surface area (Å²) in [5, 5.41) is 29.3. The van der Waals surface area contributed by atoms with Crippen LogP contribution < -0.4 is 16.0 Å². The molecule has 8 nitrogen and oxygen atoms in total. The number of carbonyl (C=O) groups is 1. The van der Waals surface area contributed by atoms with E-state index in [0.29, 0.717) is 21.2 Å². The molecule has 1 aromatic carbocycles. The summed E-state index contributed by atoms with van der Waals surface area (Å²) >= 11 is 3.54. The van der Waals surface area contributed by atoms with Gasteiger partial charge in [0.1, 0.15) is 17.6 Å². The van der Waals surface area contributed by atoms with Crippen molar-refractivity contribution in [2.24, 2.45) is 0 Å². The Balaban J connectivity index is 1.67. The van der Waals surface area contributed by atoms with Crippen molar-refractivity contribution in [3.63, 3.8) is 0 Å². The van der Waals surface area contributed by atoms with Crippen LogP contribution in [0, 0.1) is 11.3 Å². The lowest BCUT2D eigenvalue weighted by molar-refractivity contribution is 0.0946. The molecule has 3 aromatic rings. The molecule has 0 aliphatic carbocycles. The fraction of sp³-hybridized carbons (Fsp3) is 0.286. The largest absolute Gasteiger partial charge is 0.508 e. The van der Waals surface area contributed by atoms with E-state index in [1.54, 1.807) is 30.3 Å². The molecular weight excluding hydrogens is 450 g/mol. The molecule has 4 rings (SSSR count). The van der Waals surface area contributed by atoms with E-state index < -0.39 is 5.91 Å². The maximum Gasteiger partial charge on any atom is 0.274 e. The first-order valence-corrected chi connectivity index (χ1v) is 10.4. The molecule has 0 atom stereocenters. The zero-order chi connectivity index (χ0) is 21.1. The second kappa shape index (κ2) is 8.73. The molecule has 0 spiro atoms. The summed E-state index contributed by atoms with van der Waals surface area (Å²) in [5.41, 5.74) is 0.912. The molecule has 4 N–H and O–H groups in total. The highest BCUT2D eigenvalue weighted by atomic mass is 79.9. The topological polar surface area (TPSA) is 123 Å². The Morgan fingerprint density at radius 3 is 2.87 bits per heavy atom. The van der Waals surface area contributed by atoms with Gasteiger partial charge in [-0.2, -0.15) is 5.26 Å². The summed E-state index contributed by atoms with van der Waals surface area (Å²) < 4.78 is 6.22. The van der Waals surface area contributed by atoms with Crippen LogP contribution in [0.15, 0.2) is 39.2 Å². The van der Waals surface area contributed by atoms with Gasteiger partial charge in [-0.15, -0.1) is 0 Å². The number of anilines is 1. The fourth-order valence-electron chi connectivity index (χ4n) is 3.45. The van der Waals surface area contributed by atoms with Crippen LogP contribution in [0.2, 0.25) is 0 Å². The van der Waals surface area contributed by atoms with Crippen LogP contribution in [0.25, 0.3) is 11.0 Å². The van der Waals surface area contributed by atoms with Crippen LogP contribution in [-0.4, -0.2) is 35.1 Å². The van der Waals surface area contributed by atoms with Crippen LogP contribution in [0.4, 0.5) is 5.82 Å². The van der Waals surface area contributed by atoms with Gasteiger partial charge in [-0.05, 0) is 47.9 Å². The number of pyridine rings is 1. The minimum Gasteiger partial charge on any atom is -0.508 e. The number of piperidine rings is 1. The first kappa shape index (κ1) is 20.2. The lowest BCUT2D eigenvalue weighted by Crippen LogP contribution is -2.35. The quantitative estimate of drug-likeness (QED) is 0.451. The van der Waals surface area contributed by atoms with Crippen LogP contribution >= 0.6 is 15.9 Å². The molecule has 9 heteroatoms. The number of halogens is 1. The van der Waals surface area contributed by atoms with Crippen LogP contribution in [0.5, 0.6) is 5.75 Å². The van der Waals surface area contributed by atoms with Gasteiger partial charge >= 0.3 is 0 Å². The third kappa shape index (κ3) is 4.10. The van der Waals surface area contributed by atoms with Crippen molar-refractivity contribution in [3.05, 3.63) is 51.8 Å². The summed E-state index contributed by atoms with van der Waals surface area (Å²) in [4.78, 5) is 17.5. The number of benzene rings is 1. The number of nitrogens with one attached hydrogen (secondary N) is 3. The van der Waals surface area contributed by atoms with Gasteiger partial charge in [0.2, 0.25) is 5.76 Å². The molecule has 2 aromatic heterocycles. The number of nitriles is 1. The van der Waals surface area contributed by atoms with E-state index >= 15 is 0 Å². The number of phenolic OH excluding ortho intramolecular Hbond substituents is 1. The van der Waals surface area contributed by atoms with Crippen LogP contribution in [0.3, 0.4) is 0 Å². The van der Waals surface area contributed by atoms with Gasteiger partial charge in [0.25, 0.3) is 5.91 Å². The SMILES string of the molecule is N#Cc1cc2c(Br)c(NC3CCNCC3)nc(C(=O)NCc3ccccc3O)c2o1. The summed E-state index contributed by atoms with van der Waals surface area (Å²) in [6, 6.07) is 10.6. The summed E-state index contributed by atoms with van der Waals surface area (Å²) in [6.07, 6.45) is 1.88. The third-order valence-electron chi connectivity index (χ3n) is 5.05. The molecule has 1 aliphatic rings. The number of phenols is 1. The highest BCUT2D eigenvalue weighted by Gasteiger charge is 2.24. The average molecular weight is 470 g/mol. The first-order valence-electron chi connectivity index (χ1n) is 9.62. The number of nitrogens with zero attached hydrogens (tertiary/aromatic N) is 2. The van der Waals surface area contributed by atoms with Crippen molar-refractivity contribution >= 4 is 38.6 Å². The van der Waals surface area contributed by atoms with E-state index in [1.807, 2.05) is 6.07 Å². The molecule has 0 radical (unpaired) electrons.